The van der Waals surface area contributed by atoms with E-state index in [1.807, 2.05) is 12.1 Å². The number of aromatic hydroxyl groups is 1. The number of quaternary nitrogens is 1. The van der Waals surface area contributed by atoms with Crippen molar-refractivity contribution in [1.82, 2.24) is 0 Å². The van der Waals surface area contributed by atoms with E-state index in [-0.39, 0.29) is 11.7 Å². The van der Waals surface area contributed by atoms with Gasteiger partial charge < -0.3 is 20.2 Å². The van der Waals surface area contributed by atoms with Gasteiger partial charge in [0.25, 0.3) is 5.91 Å². The van der Waals surface area contributed by atoms with Crippen molar-refractivity contribution in [2.24, 2.45) is 0 Å². The van der Waals surface area contributed by atoms with Crippen LogP contribution in [0.1, 0.15) is 5.56 Å². The van der Waals surface area contributed by atoms with Gasteiger partial charge in [-0.2, -0.15) is 5.26 Å². The summed E-state index contributed by atoms with van der Waals surface area (Å²) in [5, 5.41) is 21.3. The van der Waals surface area contributed by atoms with E-state index in [2.05, 4.69) is 16.3 Å². The summed E-state index contributed by atoms with van der Waals surface area (Å²) < 4.78 is 0. The minimum atomic E-state index is -0.0733. The molecule has 6 heteroatoms. The van der Waals surface area contributed by atoms with E-state index < -0.39 is 0 Å². The number of para-hydroxylation sites is 1. The van der Waals surface area contributed by atoms with Crippen LogP contribution in [0.25, 0.3) is 0 Å². The normalized spacial score (nSPS) is 14.8. The number of nitriles is 1. The maximum atomic E-state index is 12.3. The molecule has 1 heterocycles. The number of amides is 1. The minimum Gasteiger partial charge on any atom is -0.508 e. The molecule has 6 nitrogen and oxygen atoms in total. The van der Waals surface area contributed by atoms with Crippen molar-refractivity contribution < 1.29 is 14.8 Å². The lowest BCUT2D eigenvalue weighted by Crippen LogP contribution is -3.15. The molecule has 2 aromatic rings. The number of hydrogen-bond donors (Lipinski definition) is 3. The molecule has 0 unspecified atom stereocenters. The molecule has 0 saturated carbocycles. The van der Waals surface area contributed by atoms with Gasteiger partial charge in [-0.25, -0.2) is 0 Å². The lowest BCUT2D eigenvalue weighted by atomic mass is 10.2. The molecule has 1 saturated heterocycles. The molecule has 25 heavy (non-hydrogen) atoms. The Labute approximate surface area is 146 Å². The van der Waals surface area contributed by atoms with Crippen molar-refractivity contribution in [2.45, 2.75) is 0 Å². The Morgan fingerprint density at radius 3 is 2.52 bits per heavy atom. The standard InChI is InChI=1S/C19H20N4O2/c20-13-15-3-1-2-4-18(15)21-19(25)14-22-9-11-23(12-10-22)16-5-7-17(24)8-6-16/h1-8,24H,9-12,14H2,(H,21,25)/p+1. The molecule has 3 N–H and O–H groups in total. The van der Waals surface area contributed by atoms with E-state index in [9.17, 15) is 9.90 Å². The highest BCUT2D eigenvalue weighted by Gasteiger charge is 2.22. The topological polar surface area (TPSA) is 80.8 Å². The predicted octanol–water partition coefficient (Wildman–Crippen LogP) is 0.607. The number of rotatable bonds is 4. The quantitative estimate of drug-likeness (QED) is 0.764. The van der Waals surface area contributed by atoms with Gasteiger partial charge in [-0.1, -0.05) is 12.1 Å². The van der Waals surface area contributed by atoms with Gasteiger partial charge in [-0.15, -0.1) is 0 Å². The van der Waals surface area contributed by atoms with Gasteiger partial charge in [0.1, 0.15) is 11.8 Å². The number of carbonyl (C=O) groups excluding carboxylic acids is 1. The first kappa shape index (κ1) is 16.8. The van der Waals surface area contributed by atoms with Gasteiger partial charge in [-0.3, -0.25) is 4.79 Å². The molecule has 128 valence electrons. The molecular formula is C19H21N4O2+. The van der Waals surface area contributed by atoms with Crippen LogP contribution >= 0.6 is 0 Å². The summed E-state index contributed by atoms with van der Waals surface area (Å²) in [7, 11) is 0. The molecule has 0 aromatic heterocycles. The van der Waals surface area contributed by atoms with Crippen LogP contribution < -0.4 is 15.1 Å². The minimum absolute atomic E-state index is 0.0733. The maximum Gasteiger partial charge on any atom is 0.279 e. The molecule has 1 amide bonds. The number of piperazine rings is 1. The summed E-state index contributed by atoms with van der Waals surface area (Å²) in [6, 6.07) is 16.3. The third kappa shape index (κ3) is 4.28. The highest BCUT2D eigenvalue weighted by Crippen LogP contribution is 2.18. The second kappa shape index (κ2) is 7.69. The van der Waals surface area contributed by atoms with Crippen molar-refractivity contribution in [3.8, 4) is 11.8 Å². The summed E-state index contributed by atoms with van der Waals surface area (Å²) in [5.74, 6) is 0.193. The molecule has 3 rings (SSSR count). The number of benzene rings is 2. The van der Waals surface area contributed by atoms with E-state index in [1.165, 1.54) is 4.90 Å². The van der Waals surface area contributed by atoms with Crippen LogP contribution in [0.15, 0.2) is 48.5 Å². The molecule has 1 fully saturated rings. The average Bonchev–Trinajstić information content (AvgIpc) is 2.63. The number of phenolic OH excluding ortho intramolecular Hbond substituents is 1. The van der Waals surface area contributed by atoms with Crippen LogP contribution in [0.3, 0.4) is 0 Å². The fourth-order valence-corrected chi connectivity index (χ4v) is 3.03. The summed E-state index contributed by atoms with van der Waals surface area (Å²) >= 11 is 0. The first-order chi connectivity index (χ1) is 12.2. The zero-order chi connectivity index (χ0) is 17.6. The molecular weight excluding hydrogens is 316 g/mol. The van der Waals surface area contributed by atoms with Crippen LogP contribution in [0, 0.1) is 11.3 Å². The zero-order valence-electron chi connectivity index (χ0n) is 13.9. The van der Waals surface area contributed by atoms with E-state index in [1.54, 1.807) is 36.4 Å². The third-order valence-corrected chi connectivity index (χ3v) is 4.42. The monoisotopic (exact) mass is 337 g/mol. The van der Waals surface area contributed by atoms with Crippen molar-refractivity contribution in [2.75, 3.05) is 42.9 Å². The molecule has 0 radical (unpaired) electrons. The number of hydrogen-bond acceptors (Lipinski definition) is 4. The highest BCUT2D eigenvalue weighted by atomic mass is 16.3. The SMILES string of the molecule is N#Cc1ccccc1NC(=O)C[NH+]1CCN(c2ccc(O)cc2)CC1. The molecule has 1 aliphatic heterocycles. The van der Waals surface area contributed by atoms with Crippen LogP contribution in [0.2, 0.25) is 0 Å². The van der Waals surface area contributed by atoms with Crippen molar-refractivity contribution in [3.63, 3.8) is 0 Å². The molecule has 0 atom stereocenters. The van der Waals surface area contributed by atoms with Gasteiger partial charge in [0.2, 0.25) is 0 Å². The lowest BCUT2D eigenvalue weighted by molar-refractivity contribution is -0.892. The molecule has 0 spiro atoms. The first-order valence-electron chi connectivity index (χ1n) is 8.32. The third-order valence-electron chi connectivity index (χ3n) is 4.42. The van der Waals surface area contributed by atoms with E-state index in [0.717, 1.165) is 31.9 Å². The summed E-state index contributed by atoms with van der Waals surface area (Å²) in [4.78, 5) is 15.7. The fraction of sp³-hybridized carbons (Fsp3) is 0.263. The van der Waals surface area contributed by atoms with Crippen molar-refractivity contribution in [1.29, 1.82) is 5.26 Å². The Morgan fingerprint density at radius 2 is 1.84 bits per heavy atom. The highest BCUT2D eigenvalue weighted by molar-refractivity contribution is 5.92. The largest absolute Gasteiger partial charge is 0.508 e. The van der Waals surface area contributed by atoms with Crippen LogP contribution in [0.5, 0.6) is 5.75 Å². The second-order valence-electron chi connectivity index (χ2n) is 6.14. The van der Waals surface area contributed by atoms with Crippen molar-refractivity contribution >= 4 is 17.3 Å². The number of carbonyl (C=O) groups is 1. The van der Waals surface area contributed by atoms with Gasteiger partial charge in [0.15, 0.2) is 6.54 Å². The van der Waals surface area contributed by atoms with Crippen LogP contribution in [0.4, 0.5) is 11.4 Å². The summed E-state index contributed by atoms with van der Waals surface area (Å²) in [6.07, 6.45) is 0. The number of nitrogens with zero attached hydrogens (tertiary/aromatic N) is 2. The number of anilines is 2. The molecule has 2 aromatic carbocycles. The summed E-state index contributed by atoms with van der Waals surface area (Å²) in [5.41, 5.74) is 2.13. The Hall–Kier alpha value is -3.04. The Balaban J connectivity index is 1.51. The number of nitrogens with one attached hydrogen (secondary N) is 2. The zero-order valence-corrected chi connectivity index (χ0v) is 13.9. The molecule has 0 aliphatic carbocycles. The van der Waals surface area contributed by atoms with Gasteiger partial charge in [-0.05, 0) is 36.4 Å². The fourth-order valence-electron chi connectivity index (χ4n) is 3.03. The Kier molecular flexibility index (Phi) is 5.17. The van der Waals surface area contributed by atoms with Crippen LogP contribution in [-0.2, 0) is 4.79 Å². The smallest absolute Gasteiger partial charge is 0.279 e. The predicted molar refractivity (Wildman–Crippen MR) is 95.7 cm³/mol. The Morgan fingerprint density at radius 1 is 1.16 bits per heavy atom. The number of phenols is 1. The molecule has 0 bridgehead atoms. The summed E-state index contributed by atoms with van der Waals surface area (Å²) in [6.45, 7) is 3.86. The van der Waals surface area contributed by atoms with Gasteiger partial charge in [0.05, 0.1) is 37.4 Å². The van der Waals surface area contributed by atoms with Crippen LogP contribution in [-0.4, -0.2) is 43.7 Å². The van der Waals surface area contributed by atoms with E-state index >= 15 is 0 Å². The van der Waals surface area contributed by atoms with Crippen molar-refractivity contribution in [3.05, 3.63) is 54.1 Å². The first-order valence-corrected chi connectivity index (χ1v) is 8.32. The molecule has 1 aliphatic rings. The average molecular weight is 337 g/mol. The Bertz CT molecular complexity index is 775. The van der Waals surface area contributed by atoms with Gasteiger partial charge in [0, 0.05) is 5.69 Å². The maximum absolute atomic E-state index is 12.3. The second-order valence-corrected chi connectivity index (χ2v) is 6.14. The van der Waals surface area contributed by atoms with E-state index in [0.29, 0.717) is 17.8 Å². The van der Waals surface area contributed by atoms with Gasteiger partial charge >= 0.3 is 0 Å². The van der Waals surface area contributed by atoms with E-state index in [4.69, 9.17) is 5.26 Å². The lowest BCUT2D eigenvalue weighted by Gasteiger charge is -2.33.